The minimum Gasteiger partial charge on any atom is -0.403 e. The molecule has 10 nitrogen and oxygen atoms in total. The molecule has 0 aliphatic carbocycles. The van der Waals surface area contributed by atoms with Crippen LogP contribution in [0.15, 0.2) is 83.0 Å². The van der Waals surface area contributed by atoms with Crippen molar-refractivity contribution < 1.29 is 4.79 Å². The van der Waals surface area contributed by atoms with E-state index in [1.807, 2.05) is 48.3 Å². The van der Waals surface area contributed by atoms with Crippen LogP contribution in [0.1, 0.15) is 56.8 Å². The molecule has 2 bridgehead atoms. The number of amides is 1. The standard InChI is InChI=1S/C32H35ClN8O2/c1-4-12-40-18-22(17-38-40)24-9-8-23(33)14-25(24)26-15-30(42)41(19-37-26)29-7-5-6-20(2)32(43)39-28(16-34)31(35-3)21-10-11-36-27(29)13-21/h8-11,13-20,29H,4-7,12,34H2,1-3H3,(H,39,43). The number of allylic oxidation sites excluding steroid dienone is 1. The number of carbonyl (C=O) groups excluding carboxylic acids is 1. The van der Waals surface area contributed by atoms with Gasteiger partial charge in [0.25, 0.3) is 5.56 Å². The topological polar surface area (TPSA) is 133 Å². The Morgan fingerprint density at radius 1 is 1.12 bits per heavy atom. The van der Waals surface area contributed by atoms with Crippen LogP contribution in [0.5, 0.6) is 0 Å². The van der Waals surface area contributed by atoms with E-state index in [1.165, 1.54) is 12.3 Å². The molecule has 4 heterocycles. The number of hydrogen-bond acceptors (Lipinski definition) is 7. The minimum absolute atomic E-state index is 0.134. The highest BCUT2D eigenvalue weighted by molar-refractivity contribution is 6.31. The number of aromatic nitrogens is 5. The number of pyridine rings is 1. The Morgan fingerprint density at radius 2 is 1.95 bits per heavy atom. The Labute approximate surface area is 255 Å². The van der Waals surface area contributed by atoms with Crippen molar-refractivity contribution in [3.8, 4) is 22.4 Å². The number of aryl methyl sites for hydroxylation is 1. The molecule has 3 aromatic heterocycles. The van der Waals surface area contributed by atoms with E-state index in [1.54, 1.807) is 30.2 Å². The van der Waals surface area contributed by atoms with Crippen LogP contribution >= 0.6 is 11.6 Å². The molecular formula is C32H35ClN8O2. The van der Waals surface area contributed by atoms with Crippen molar-refractivity contribution in [3.05, 3.63) is 99.8 Å². The summed E-state index contributed by atoms with van der Waals surface area (Å²) in [6, 6.07) is 10.4. The van der Waals surface area contributed by atoms with E-state index in [0.29, 0.717) is 47.1 Å². The van der Waals surface area contributed by atoms with E-state index < -0.39 is 6.04 Å². The first kappa shape index (κ1) is 29.9. The Hall–Kier alpha value is -4.57. The Balaban J connectivity index is 1.57. The molecule has 0 fully saturated rings. The zero-order chi connectivity index (χ0) is 30.5. The van der Waals surface area contributed by atoms with Crippen LogP contribution in [0.25, 0.3) is 22.4 Å². The lowest BCUT2D eigenvalue weighted by Gasteiger charge is -2.23. The molecule has 2 unspecified atom stereocenters. The molecule has 1 aliphatic rings. The Kier molecular flexibility index (Phi) is 9.16. The summed E-state index contributed by atoms with van der Waals surface area (Å²) >= 11 is 6.40. The van der Waals surface area contributed by atoms with E-state index in [-0.39, 0.29) is 17.4 Å². The number of aliphatic imine (C=N–C) groups is 1. The van der Waals surface area contributed by atoms with Crippen LogP contribution in [-0.2, 0) is 11.3 Å². The van der Waals surface area contributed by atoms with Gasteiger partial charge >= 0.3 is 0 Å². The summed E-state index contributed by atoms with van der Waals surface area (Å²) in [7, 11) is 1.64. The number of benzene rings is 1. The molecule has 0 spiro atoms. The number of fused-ring (bicyclic) bond motifs is 2. The molecule has 2 atom stereocenters. The molecule has 0 radical (unpaired) electrons. The van der Waals surface area contributed by atoms with E-state index >= 15 is 0 Å². The van der Waals surface area contributed by atoms with Gasteiger partial charge in [0.05, 0.1) is 41.4 Å². The SMILES string of the molecule is CCCn1cc(-c2ccc(Cl)cc2-c2cc(=O)n(C3CCCC(C)C(=O)NC(=CN)C(=NC)c4ccnc3c4)cn2)cn1. The Morgan fingerprint density at radius 3 is 2.70 bits per heavy atom. The minimum atomic E-state index is -0.404. The second-order valence-electron chi connectivity index (χ2n) is 10.7. The van der Waals surface area contributed by atoms with Crippen molar-refractivity contribution in [2.24, 2.45) is 16.6 Å². The average Bonchev–Trinajstić information content (AvgIpc) is 3.47. The van der Waals surface area contributed by atoms with E-state index in [4.69, 9.17) is 22.3 Å². The predicted octanol–water partition coefficient (Wildman–Crippen LogP) is 4.98. The molecule has 0 saturated heterocycles. The molecule has 222 valence electrons. The molecule has 4 aromatic rings. The fourth-order valence-corrected chi connectivity index (χ4v) is 5.59. The number of hydrogen-bond donors (Lipinski definition) is 2. The summed E-state index contributed by atoms with van der Waals surface area (Å²) in [5, 5.41) is 7.92. The molecule has 5 rings (SSSR count). The lowest BCUT2D eigenvalue weighted by Crippen LogP contribution is -2.33. The summed E-state index contributed by atoms with van der Waals surface area (Å²) in [5.74, 6) is -0.399. The number of nitrogens with zero attached hydrogens (tertiary/aromatic N) is 6. The second kappa shape index (κ2) is 13.2. The van der Waals surface area contributed by atoms with Crippen LogP contribution < -0.4 is 16.6 Å². The number of carbonyl (C=O) groups is 1. The van der Waals surface area contributed by atoms with Crippen molar-refractivity contribution in [1.82, 2.24) is 29.6 Å². The normalized spacial score (nSPS) is 19.6. The van der Waals surface area contributed by atoms with E-state index in [2.05, 4.69) is 27.3 Å². The van der Waals surface area contributed by atoms with Crippen molar-refractivity contribution in [3.63, 3.8) is 0 Å². The first-order chi connectivity index (χ1) is 20.8. The smallest absolute Gasteiger partial charge is 0.254 e. The second-order valence-corrected chi connectivity index (χ2v) is 11.1. The van der Waals surface area contributed by atoms with Gasteiger partial charge in [-0.25, -0.2) is 4.98 Å². The van der Waals surface area contributed by atoms with Gasteiger partial charge in [0.2, 0.25) is 5.91 Å². The van der Waals surface area contributed by atoms with Gasteiger partial charge < -0.3 is 11.1 Å². The summed E-state index contributed by atoms with van der Waals surface area (Å²) in [6.45, 7) is 4.79. The van der Waals surface area contributed by atoms with E-state index in [9.17, 15) is 9.59 Å². The number of halogens is 1. The van der Waals surface area contributed by atoms with Crippen molar-refractivity contribution in [1.29, 1.82) is 0 Å². The molecule has 3 N–H and O–H groups in total. The van der Waals surface area contributed by atoms with Crippen LogP contribution in [0.3, 0.4) is 0 Å². The molecular weight excluding hydrogens is 564 g/mol. The quantitative estimate of drug-likeness (QED) is 0.333. The molecule has 0 saturated carbocycles. The number of rotatable bonds is 5. The monoisotopic (exact) mass is 598 g/mol. The van der Waals surface area contributed by atoms with Crippen molar-refractivity contribution >= 4 is 23.2 Å². The van der Waals surface area contributed by atoms with Crippen LogP contribution in [-0.4, -0.2) is 43.0 Å². The van der Waals surface area contributed by atoms with Crippen LogP contribution in [0.4, 0.5) is 0 Å². The Bertz CT molecular complexity index is 1760. The highest BCUT2D eigenvalue weighted by atomic mass is 35.5. The van der Waals surface area contributed by atoms with Gasteiger partial charge in [-0.2, -0.15) is 5.10 Å². The zero-order valence-corrected chi connectivity index (χ0v) is 25.3. The maximum absolute atomic E-state index is 13.8. The lowest BCUT2D eigenvalue weighted by molar-refractivity contribution is -0.123. The van der Waals surface area contributed by atoms with Gasteiger partial charge in [-0.1, -0.05) is 37.9 Å². The van der Waals surface area contributed by atoms with Crippen LogP contribution in [0.2, 0.25) is 5.02 Å². The molecule has 1 aliphatic heterocycles. The summed E-state index contributed by atoms with van der Waals surface area (Å²) < 4.78 is 3.51. The highest BCUT2D eigenvalue weighted by Crippen LogP contribution is 2.33. The average molecular weight is 599 g/mol. The van der Waals surface area contributed by atoms with Gasteiger partial charge in [0, 0.05) is 65.9 Å². The fraction of sp³-hybridized carbons (Fsp3) is 0.312. The molecule has 1 aromatic carbocycles. The molecule has 1 amide bonds. The highest BCUT2D eigenvalue weighted by Gasteiger charge is 2.24. The lowest BCUT2D eigenvalue weighted by atomic mass is 9.96. The number of nitrogens with one attached hydrogen (secondary N) is 1. The largest absolute Gasteiger partial charge is 0.403 e. The molecule has 11 heteroatoms. The van der Waals surface area contributed by atoms with Crippen molar-refractivity contribution in [2.75, 3.05) is 7.05 Å². The first-order valence-corrected chi connectivity index (χ1v) is 14.8. The first-order valence-electron chi connectivity index (χ1n) is 14.4. The van der Waals surface area contributed by atoms with Gasteiger partial charge in [-0.3, -0.25) is 28.8 Å². The summed E-state index contributed by atoms with van der Waals surface area (Å²) in [4.78, 5) is 40.5. The van der Waals surface area contributed by atoms with Gasteiger partial charge in [0.15, 0.2) is 0 Å². The molecule has 43 heavy (non-hydrogen) atoms. The van der Waals surface area contributed by atoms with Gasteiger partial charge in [0.1, 0.15) is 0 Å². The van der Waals surface area contributed by atoms with Crippen molar-refractivity contribution in [2.45, 2.75) is 52.1 Å². The predicted molar refractivity (Wildman–Crippen MR) is 169 cm³/mol. The zero-order valence-electron chi connectivity index (χ0n) is 24.5. The maximum Gasteiger partial charge on any atom is 0.254 e. The van der Waals surface area contributed by atoms with Crippen LogP contribution in [0, 0.1) is 5.92 Å². The summed E-state index contributed by atoms with van der Waals surface area (Å²) in [6.07, 6.45) is 11.3. The third-order valence-corrected chi connectivity index (χ3v) is 7.92. The third kappa shape index (κ3) is 6.44. The fourth-order valence-electron chi connectivity index (χ4n) is 5.42. The van der Waals surface area contributed by atoms with Gasteiger partial charge in [-0.15, -0.1) is 0 Å². The maximum atomic E-state index is 13.8. The third-order valence-electron chi connectivity index (χ3n) is 7.69. The number of nitrogens with two attached hydrogens (primary N) is 1. The summed E-state index contributed by atoms with van der Waals surface area (Å²) in [5.41, 5.74) is 11.1. The van der Waals surface area contributed by atoms with E-state index in [0.717, 1.165) is 35.2 Å². The van der Waals surface area contributed by atoms with Gasteiger partial charge in [-0.05, 0) is 49.1 Å².